The molecule has 5 rings (SSSR count). The first-order chi connectivity index (χ1) is 22.7. The zero-order valence-corrected chi connectivity index (χ0v) is 29.2. The molecule has 2 aromatic rings. The molecular weight excluding hydrogens is 695 g/mol. The highest BCUT2D eigenvalue weighted by molar-refractivity contribution is 6.42. The number of carbonyl (C=O) groups excluding carboxylic acids is 2. The summed E-state index contributed by atoms with van der Waals surface area (Å²) in [6, 6.07) is 5.60. The Balaban J connectivity index is 1.31. The molecule has 2 aromatic carbocycles. The first-order valence-corrected chi connectivity index (χ1v) is 17.2. The van der Waals surface area contributed by atoms with Gasteiger partial charge in [0.1, 0.15) is 5.60 Å². The maximum atomic E-state index is 13.8. The number of ether oxygens (including phenoxy) is 1. The van der Waals surface area contributed by atoms with E-state index in [1.54, 1.807) is 23.1 Å². The zero-order chi connectivity index (χ0) is 35.9. The second kappa shape index (κ2) is 14.1. The molecule has 14 heteroatoms. The Kier molecular flexibility index (Phi) is 10.8. The smallest absolute Gasteiger partial charge is 0.416 e. The maximum absolute atomic E-state index is 13.8. The topological polar surface area (TPSA) is 53.1 Å². The van der Waals surface area contributed by atoms with E-state index in [-0.39, 0.29) is 30.2 Å². The number of hydrogen-bond acceptors (Lipinski definition) is 4. The van der Waals surface area contributed by atoms with Crippen LogP contribution in [0.15, 0.2) is 36.4 Å². The minimum absolute atomic E-state index is 0.0285. The highest BCUT2D eigenvalue weighted by Gasteiger charge is 2.43. The maximum Gasteiger partial charge on any atom is 0.416 e. The van der Waals surface area contributed by atoms with Crippen LogP contribution >= 0.6 is 23.2 Å². The van der Waals surface area contributed by atoms with Crippen LogP contribution in [-0.2, 0) is 23.5 Å². The van der Waals surface area contributed by atoms with Gasteiger partial charge < -0.3 is 19.4 Å². The van der Waals surface area contributed by atoms with Crippen LogP contribution in [0.4, 0.5) is 31.1 Å². The summed E-state index contributed by atoms with van der Waals surface area (Å²) in [4.78, 5) is 32.0. The molecule has 3 saturated heterocycles. The number of piperidine rings is 3. The predicted molar refractivity (Wildman–Crippen MR) is 175 cm³/mol. The van der Waals surface area contributed by atoms with Crippen molar-refractivity contribution in [2.45, 2.75) is 95.8 Å². The number of alkyl halides is 6. The molecule has 1 spiro atoms. The van der Waals surface area contributed by atoms with Crippen molar-refractivity contribution in [3.63, 3.8) is 0 Å². The van der Waals surface area contributed by atoms with E-state index in [2.05, 4.69) is 4.90 Å². The molecule has 0 aliphatic carbocycles. The van der Waals surface area contributed by atoms with E-state index in [0.29, 0.717) is 54.5 Å². The minimum atomic E-state index is -5.07. The van der Waals surface area contributed by atoms with Crippen LogP contribution in [0.5, 0.6) is 0 Å². The molecular formula is C35H41Cl2F6N3O3. The predicted octanol–water partition coefficient (Wildman–Crippen LogP) is 9.36. The van der Waals surface area contributed by atoms with Crippen molar-refractivity contribution in [2.24, 2.45) is 5.41 Å². The summed E-state index contributed by atoms with van der Waals surface area (Å²) in [5.74, 6) is -0.880. The zero-order valence-electron chi connectivity index (χ0n) is 27.7. The Morgan fingerprint density at radius 2 is 1.39 bits per heavy atom. The van der Waals surface area contributed by atoms with Gasteiger partial charge in [-0.15, -0.1) is 0 Å². The lowest BCUT2D eigenvalue weighted by Gasteiger charge is -2.50. The lowest BCUT2D eigenvalue weighted by molar-refractivity contribution is -0.143. The fourth-order valence-electron chi connectivity index (χ4n) is 7.36. The number of amides is 2. The SMILES string of the molecule is CC(C)(C)OC(=O)N1CCC2(CC1)CCN(C1CCN(C(=O)c3cc(C(F)(F)F)cc(C(F)(F)F)c3)C(Cc3ccc(Cl)c(Cl)c3)C1)CC2. The summed E-state index contributed by atoms with van der Waals surface area (Å²) in [5, 5.41) is 0.638. The number of carbonyl (C=O) groups is 2. The van der Waals surface area contributed by atoms with Gasteiger partial charge in [0.15, 0.2) is 0 Å². The molecule has 3 aliphatic heterocycles. The number of halogens is 8. The molecule has 2 atom stereocenters. The van der Waals surface area contributed by atoms with Crippen LogP contribution in [0.1, 0.15) is 86.3 Å². The summed E-state index contributed by atoms with van der Waals surface area (Å²) in [5.41, 5.74) is -3.41. The van der Waals surface area contributed by atoms with Crippen LogP contribution < -0.4 is 0 Å². The fourth-order valence-corrected chi connectivity index (χ4v) is 7.68. The van der Waals surface area contributed by atoms with E-state index in [1.807, 2.05) is 20.8 Å². The molecule has 49 heavy (non-hydrogen) atoms. The van der Waals surface area contributed by atoms with Crippen LogP contribution in [0.2, 0.25) is 10.0 Å². The van der Waals surface area contributed by atoms with Crippen molar-refractivity contribution >= 4 is 35.2 Å². The Bertz CT molecular complexity index is 1490. The van der Waals surface area contributed by atoms with Crippen LogP contribution in [0.25, 0.3) is 0 Å². The van der Waals surface area contributed by atoms with Crippen molar-refractivity contribution in [3.8, 4) is 0 Å². The summed E-state index contributed by atoms with van der Waals surface area (Å²) in [7, 11) is 0. The van der Waals surface area contributed by atoms with Gasteiger partial charge >= 0.3 is 18.4 Å². The first-order valence-electron chi connectivity index (χ1n) is 16.5. The first kappa shape index (κ1) is 37.6. The molecule has 270 valence electrons. The fraction of sp³-hybridized carbons (Fsp3) is 0.600. The summed E-state index contributed by atoms with van der Waals surface area (Å²) in [6.45, 7) is 8.59. The van der Waals surface area contributed by atoms with Crippen LogP contribution in [0.3, 0.4) is 0 Å². The molecule has 3 aliphatic rings. The average molecular weight is 737 g/mol. The standard InChI is InChI=1S/C35H41Cl2F6N3O3/c1-32(2,3)49-31(48)45-14-9-33(10-15-45)7-12-44(13-8-33)26-6-11-46(27(21-26)16-22-4-5-28(36)29(37)17-22)30(47)23-18-24(34(38,39)40)20-25(19-23)35(41,42)43/h4-5,17-20,26-27H,6-16,21H2,1-3H3. The van der Waals surface area contributed by atoms with E-state index >= 15 is 0 Å². The number of nitrogens with zero attached hydrogens (tertiary/aromatic N) is 3. The van der Waals surface area contributed by atoms with Gasteiger partial charge in [-0.2, -0.15) is 26.3 Å². The lowest BCUT2D eigenvalue weighted by Crippen LogP contribution is -2.56. The van der Waals surface area contributed by atoms with Crippen LogP contribution in [0, 0.1) is 5.41 Å². The minimum Gasteiger partial charge on any atom is -0.444 e. The normalized spacial score (nSPS) is 22.3. The van der Waals surface area contributed by atoms with Crippen molar-refractivity contribution in [1.29, 1.82) is 0 Å². The van der Waals surface area contributed by atoms with Gasteiger partial charge in [0, 0.05) is 37.3 Å². The second-order valence-corrected chi connectivity index (χ2v) is 15.4. The van der Waals surface area contributed by atoms with Gasteiger partial charge in [-0.3, -0.25) is 4.79 Å². The monoisotopic (exact) mass is 735 g/mol. The molecule has 0 bridgehead atoms. The van der Waals surface area contributed by atoms with Crippen molar-refractivity contribution in [2.75, 3.05) is 32.7 Å². The second-order valence-electron chi connectivity index (χ2n) is 14.6. The average Bonchev–Trinajstić information content (AvgIpc) is 3.01. The number of likely N-dealkylation sites (tertiary alicyclic amines) is 3. The molecule has 3 fully saturated rings. The molecule has 0 N–H and O–H groups in total. The molecule has 2 amide bonds. The Labute approximate surface area is 292 Å². The molecule has 0 saturated carbocycles. The van der Waals surface area contributed by atoms with Gasteiger partial charge in [-0.1, -0.05) is 29.3 Å². The Morgan fingerprint density at radius 3 is 1.92 bits per heavy atom. The quantitative estimate of drug-likeness (QED) is 0.294. The molecule has 0 aromatic heterocycles. The largest absolute Gasteiger partial charge is 0.444 e. The van der Waals surface area contributed by atoms with E-state index in [0.717, 1.165) is 44.3 Å². The van der Waals surface area contributed by atoms with Gasteiger partial charge in [-0.05, 0) is 120 Å². The highest BCUT2D eigenvalue weighted by atomic mass is 35.5. The third-order valence-corrected chi connectivity index (χ3v) is 10.8. The number of benzene rings is 2. The van der Waals surface area contributed by atoms with Gasteiger partial charge in [0.05, 0.1) is 21.2 Å². The molecule has 6 nitrogen and oxygen atoms in total. The summed E-state index contributed by atoms with van der Waals surface area (Å²) < 4.78 is 87.4. The number of rotatable bonds is 4. The van der Waals surface area contributed by atoms with Gasteiger partial charge in [0.25, 0.3) is 5.91 Å². The van der Waals surface area contributed by atoms with Crippen molar-refractivity contribution in [1.82, 2.24) is 14.7 Å². The van der Waals surface area contributed by atoms with E-state index in [9.17, 15) is 35.9 Å². The van der Waals surface area contributed by atoms with Gasteiger partial charge in [0.2, 0.25) is 0 Å². The number of hydrogen-bond donors (Lipinski definition) is 0. The van der Waals surface area contributed by atoms with Crippen molar-refractivity contribution < 1.29 is 40.7 Å². The molecule has 3 heterocycles. The Hall–Kier alpha value is -2.70. The molecule has 2 unspecified atom stereocenters. The van der Waals surface area contributed by atoms with E-state index in [1.165, 1.54) is 4.90 Å². The Morgan fingerprint density at radius 1 is 0.816 bits per heavy atom. The highest BCUT2D eigenvalue weighted by Crippen LogP contribution is 2.43. The van der Waals surface area contributed by atoms with Crippen LogP contribution in [-0.4, -0.2) is 77.1 Å². The molecule has 0 radical (unpaired) electrons. The third-order valence-electron chi connectivity index (χ3n) is 10.1. The van der Waals surface area contributed by atoms with E-state index in [4.69, 9.17) is 27.9 Å². The lowest BCUT2D eigenvalue weighted by atomic mass is 9.71. The van der Waals surface area contributed by atoms with E-state index < -0.39 is 46.6 Å². The van der Waals surface area contributed by atoms with Gasteiger partial charge in [-0.25, -0.2) is 4.79 Å². The summed E-state index contributed by atoms with van der Waals surface area (Å²) in [6.07, 6.45) is -5.50. The third kappa shape index (κ3) is 9.16. The van der Waals surface area contributed by atoms with Crippen molar-refractivity contribution in [3.05, 3.63) is 68.7 Å². The summed E-state index contributed by atoms with van der Waals surface area (Å²) >= 11 is 12.4.